The van der Waals surface area contributed by atoms with Gasteiger partial charge in [0.05, 0.1) is 11.1 Å². The Morgan fingerprint density at radius 1 is 0.778 bits per heavy atom. The Bertz CT molecular complexity index is 1230. The van der Waals surface area contributed by atoms with Gasteiger partial charge in [-0.25, -0.2) is 19.6 Å². The van der Waals surface area contributed by atoms with Gasteiger partial charge in [0.25, 0.3) is 0 Å². The van der Waals surface area contributed by atoms with Crippen LogP contribution in [0.15, 0.2) is 42.7 Å². The summed E-state index contributed by atoms with van der Waals surface area (Å²) in [5.74, 6) is -0.804. The predicted molar refractivity (Wildman–Crippen MR) is 96.2 cm³/mol. The second kappa shape index (κ2) is 5.94. The fourth-order valence-corrected chi connectivity index (χ4v) is 2.88. The smallest absolute Gasteiger partial charge is 0.343 e. The van der Waals surface area contributed by atoms with Gasteiger partial charge in [-0.2, -0.15) is 0 Å². The Balaban J connectivity index is 1.95. The number of aryl methyl sites for hydroxylation is 2. The predicted octanol–water partition coefficient (Wildman–Crippen LogP) is 2.31. The summed E-state index contributed by atoms with van der Waals surface area (Å²) >= 11 is 0. The molecule has 4 aromatic rings. The van der Waals surface area contributed by atoms with E-state index in [0.717, 1.165) is 0 Å². The first-order valence-corrected chi connectivity index (χ1v) is 8.09. The standard InChI is InChI=1S/C19H14N2O6/c1-8-3-5-12-14(20-8)16(22)10(18(24)26-12)7-11-17(23)15-13(27-19(11)25)6-4-9(2)21-15/h3-6,22-23H,7H2,1-2H3. The van der Waals surface area contributed by atoms with Crippen molar-refractivity contribution < 1.29 is 19.0 Å². The van der Waals surface area contributed by atoms with Crippen LogP contribution in [-0.4, -0.2) is 20.2 Å². The number of nitrogens with zero attached hydrogens (tertiary/aromatic N) is 2. The maximum absolute atomic E-state index is 12.3. The zero-order valence-corrected chi connectivity index (χ0v) is 14.4. The summed E-state index contributed by atoms with van der Waals surface area (Å²) in [4.78, 5) is 32.9. The Kier molecular flexibility index (Phi) is 3.69. The molecule has 0 bridgehead atoms. The van der Waals surface area contributed by atoms with E-state index in [9.17, 15) is 19.8 Å². The van der Waals surface area contributed by atoms with Gasteiger partial charge in [0, 0.05) is 17.8 Å². The lowest BCUT2D eigenvalue weighted by Crippen LogP contribution is -2.15. The van der Waals surface area contributed by atoms with Gasteiger partial charge in [0.15, 0.2) is 22.7 Å². The number of aromatic nitrogens is 2. The highest BCUT2D eigenvalue weighted by molar-refractivity contribution is 5.81. The van der Waals surface area contributed by atoms with E-state index in [2.05, 4.69) is 9.97 Å². The van der Waals surface area contributed by atoms with Crippen molar-refractivity contribution in [3.63, 3.8) is 0 Å². The Morgan fingerprint density at radius 2 is 1.19 bits per heavy atom. The average molecular weight is 366 g/mol. The molecule has 0 amide bonds. The summed E-state index contributed by atoms with van der Waals surface area (Å²) in [7, 11) is 0. The lowest BCUT2D eigenvalue weighted by atomic mass is 10.1. The molecule has 2 N–H and O–H groups in total. The van der Waals surface area contributed by atoms with Crippen LogP contribution in [0.4, 0.5) is 0 Å². The van der Waals surface area contributed by atoms with Crippen molar-refractivity contribution in [2.75, 3.05) is 0 Å². The van der Waals surface area contributed by atoms with Gasteiger partial charge in [-0.1, -0.05) is 0 Å². The highest BCUT2D eigenvalue weighted by atomic mass is 16.4. The second-order valence-corrected chi connectivity index (χ2v) is 6.21. The molecular weight excluding hydrogens is 352 g/mol. The summed E-state index contributed by atoms with van der Waals surface area (Å²) < 4.78 is 10.4. The van der Waals surface area contributed by atoms with Gasteiger partial charge in [-0.15, -0.1) is 0 Å². The number of hydrogen-bond acceptors (Lipinski definition) is 8. The number of hydrogen-bond donors (Lipinski definition) is 2. The molecule has 0 atom stereocenters. The Hall–Kier alpha value is -3.68. The van der Waals surface area contributed by atoms with Crippen LogP contribution in [0, 0.1) is 13.8 Å². The van der Waals surface area contributed by atoms with Gasteiger partial charge in [-0.05, 0) is 38.1 Å². The van der Waals surface area contributed by atoms with Crippen LogP contribution < -0.4 is 11.3 Å². The first-order chi connectivity index (χ1) is 12.8. The molecule has 27 heavy (non-hydrogen) atoms. The molecule has 0 saturated heterocycles. The number of rotatable bonds is 2. The summed E-state index contributed by atoms with van der Waals surface area (Å²) in [5.41, 5.74) is -0.381. The second-order valence-electron chi connectivity index (χ2n) is 6.21. The minimum absolute atomic E-state index is 0.100. The van der Waals surface area contributed by atoms with Gasteiger partial charge in [0.2, 0.25) is 0 Å². The zero-order chi connectivity index (χ0) is 19.3. The van der Waals surface area contributed by atoms with E-state index in [4.69, 9.17) is 8.83 Å². The van der Waals surface area contributed by atoms with E-state index < -0.39 is 22.8 Å². The van der Waals surface area contributed by atoms with Gasteiger partial charge >= 0.3 is 11.3 Å². The van der Waals surface area contributed by atoms with E-state index in [0.29, 0.717) is 11.4 Å². The molecule has 136 valence electrons. The lowest BCUT2D eigenvalue weighted by Gasteiger charge is -2.08. The third kappa shape index (κ3) is 2.71. The van der Waals surface area contributed by atoms with Crippen molar-refractivity contribution >= 4 is 22.2 Å². The van der Waals surface area contributed by atoms with Crippen molar-refractivity contribution in [3.05, 3.63) is 67.6 Å². The molecule has 8 heteroatoms. The summed E-state index contributed by atoms with van der Waals surface area (Å²) in [6.45, 7) is 3.45. The van der Waals surface area contributed by atoms with Crippen LogP contribution in [-0.2, 0) is 6.42 Å². The van der Waals surface area contributed by atoms with Crippen molar-refractivity contribution in [2.24, 2.45) is 0 Å². The van der Waals surface area contributed by atoms with E-state index in [1.165, 1.54) is 12.1 Å². The summed E-state index contributed by atoms with van der Waals surface area (Å²) in [5, 5.41) is 21.0. The monoisotopic (exact) mass is 366 g/mol. The highest BCUT2D eigenvalue weighted by Gasteiger charge is 2.22. The maximum atomic E-state index is 12.3. The van der Waals surface area contributed by atoms with Crippen LogP contribution >= 0.6 is 0 Å². The van der Waals surface area contributed by atoms with Crippen LogP contribution in [0.3, 0.4) is 0 Å². The van der Waals surface area contributed by atoms with Crippen LogP contribution in [0.5, 0.6) is 11.5 Å². The topological polar surface area (TPSA) is 127 Å². The minimum Gasteiger partial charge on any atom is -0.505 e. The summed E-state index contributed by atoms with van der Waals surface area (Å²) in [6, 6.07) is 6.33. The number of fused-ring (bicyclic) bond motifs is 2. The lowest BCUT2D eigenvalue weighted by molar-refractivity contribution is 0.446. The minimum atomic E-state index is -0.832. The fourth-order valence-electron chi connectivity index (χ4n) is 2.88. The number of pyridine rings is 2. The molecule has 4 aromatic heterocycles. The third-order valence-electron chi connectivity index (χ3n) is 4.27. The van der Waals surface area contributed by atoms with Crippen LogP contribution in [0.2, 0.25) is 0 Å². The molecular formula is C19H14N2O6. The molecule has 0 aromatic carbocycles. The molecule has 0 aliphatic rings. The molecule has 0 unspecified atom stereocenters. The quantitative estimate of drug-likeness (QED) is 0.553. The van der Waals surface area contributed by atoms with Gasteiger partial charge < -0.3 is 19.0 Å². The van der Waals surface area contributed by atoms with Crippen LogP contribution in [0.25, 0.3) is 22.2 Å². The largest absolute Gasteiger partial charge is 0.505 e. The SMILES string of the molecule is Cc1ccc2oc(=O)c(Cc3c(O)c4nc(C)ccc4oc3=O)c(O)c2n1. The normalized spacial score (nSPS) is 11.3. The van der Waals surface area contributed by atoms with E-state index in [1.807, 2.05) is 0 Å². The van der Waals surface area contributed by atoms with Crippen molar-refractivity contribution in [1.29, 1.82) is 0 Å². The van der Waals surface area contributed by atoms with Crippen molar-refractivity contribution in [2.45, 2.75) is 20.3 Å². The molecule has 0 radical (unpaired) electrons. The Morgan fingerprint density at radius 3 is 1.59 bits per heavy atom. The summed E-state index contributed by atoms with van der Waals surface area (Å²) in [6.07, 6.45) is -0.389. The zero-order valence-electron chi connectivity index (χ0n) is 14.4. The molecule has 4 heterocycles. The molecule has 0 spiro atoms. The van der Waals surface area contributed by atoms with Gasteiger partial charge in [-0.3, -0.25) is 0 Å². The van der Waals surface area contributed by atoms with E-state index in [-0.39, 0.29) is 39.7 Å². The number of aromatic hydroxyl groups is 2. The maximum Gasteiger partial charge on any atom is 0.343 e. The molecule has 4 rings (SSSR count). The molecule has 0 saturated carbocycles. The third-order valence-corrected chi connectivity index (χ3v) is 4.27. The van der Waals surface area contributed by atoms with Crippen molar-refractivity contribution in [1.82, 2.24) is 9.97 Å². The first kappa shape index (κ1) is 16.8. The molecule has 0 fully saturated rings. The highest BCUT2D eigenvalue weighted by Crippen LogP contribution is 2.30. The first-order valence-electron chi connectivity index (χ1n) is 8.09. The molecule has 0 aliphatic carbocycles. The molecule has 0 aliphatic heterocycles. The molecule has 8 nitrogen and oxygen atoms in total. The Labute approximate surface area is 151 Å². The van der Waals surface area contributed by atoms with Crippen LogP contribution in [0.1, 0.15) is 22.5 Å². The van der Waals surface area contributed by atoms with E-state index in [1.54, 1.807) is 26.0 Å². The average Bonchev–Trinajstić information content (AvgIpc) is 2.62. The van der Waals surface area contributed by atoms with E-state index >= 15 is 0 Å². The van der Waals surface area contributed by atoms with Crippen molar-refractivity contribution in [3.8, 4) is 11.5 Å². The fraction of sp³-hybridized carbons (Fsp3) is 0.158. The van der Waals surface area contributed by atoms with Gasteiger partial charge in [0.1, 0.15) is 11.0 Å².